The molecule has 2 N–H and O–H groups in total. The predicted octanol–water partition coefficient (Wildman–Crippen LogP) is 3.66. The Morgan fingerprint density at radius 2 is 2.00 bits per heavy atom. The lowest BCUT2D eigenvalue weighted by Gasteiger charge is -1.98. The van der Waals surface area contributed by atoms with E-state index in [1.807, 2.05) is 43.3 Å². The van der Waals surface area contributed by atoms with E-state index in [0.29, 0.717) is 11.3 Å². The van der Waals surface area contributed by atoms with Crippen LogP contribution in [-0.4, -0.2) is 23.1 Å². The van der Waals surface area contributed by atoms with E-state index in [4.69, 9.17) is 9.47 Å². The fourth-order valence-electron chi connectivity index (χ4n) is 2.55. The van der Waals surface area contributed by atoms with Crippen molar-refractivity contribution in [2.24, 2.45) is 4.99 Å². The van der Waals surface area contributed by atoms with Crippen LogP contribution in [0, 0.1) is 6.92 Å². The standard InChI is InChI=1S/C17H14N2O3/c1-10-2-4-12-13(17(20)19-14(12)6-10)8-18-11-3-5-15-16(7-11)22-9-21-15/h2-8,19-20H,9H2,1H3. The van der Waals surface area contributed by atoms with Crippen LogP contribution in [0.15, 0.2) is 41.4 Å². The van der Waals surface area contributed by atoms with Crippen LogP contribution in [-0.2, 0) is 0 Å². The number of nitrogens with zero attached hydrogens (tertiary/aromatic N) is 1. The molecular formula is C17H14N2O3. The monoisotopic (exact) mass is 294 g/mol. The molecule has 3 aromatic rings. The van der Waals surface area contributed by atoms with Gasteiger partial charge in [0.05, 0.1) is 11.3 Å². The Morgan fingerprint density at radius 1 is 1.14 bits per heavy atom. The van der Waals surface area contributed by atoms with Gasteiger partial charge in [0.2, 0.25) is 6.79 Å². The summed E-state index contributed by atoms with van der Waals surface area (Å²) in [5.41, 5.74) is 3.44. The minimum Gasteiger partial charge on any atom is -0.494 e. The third-order valence-corrected chi connectivity index (χ3v) is 3.67. The number of hydrogen-bond acceptors (Lipinski definition) is 4. The average Bonchev–Trinajstić information content (AvgIpc) is 3.07. The summed E-state index contributed by atoms with van der Waals surface area (Å²) in [5.74, 6) is 1.53. The number of aryl methyl sites for hydroxylation is 1. The molecule has 1 aliphatic rings. The highest BCUT2D eigenvalue weighted by Gasteiger charge is 2.13. The highest BCUT2D eigenvalue weighted by Crippen LogP contribution is 2.35. The first kappa shape index (κ1) is 12.8. The quantitative estimate of drug-likeness (QED) is 0.709. The van der Waals surface area contributed by atoms with Crippen molar-refractivity contribution in [2.45, 2.75) is 6.92 Å². The molecule has 0 saturated carbocycles. The summed E-state index contributed by atoms with van der Waals surface area (Å²) in [5, 5.41) is 11.0. The fraction of sp³-hybridized carbons (Fsp3) is 0.118. The van der Waals surface area contributed by atoms with Gasteiger partial charge in [-0.25, -0.2) is 0 Å². The molecule has 0 radical (unpaired) electrons. The second kappa shape index (κ2) is 4.80. The summed E-state index contributed by atoms with van der Waals surface area (Å²) in [4.78, 5) is 7.38. The normalized spacial score (nSPS) is 13.3. The molecule has 5 nitrogen and oxygen atoms in total. The van der Waals surface area contributed by atoms with Crippen molar-refractivity contribution < 1.29 is 14.6 Å². The second-order valence-electron chi connectivity index (χ2n) is 5.23. The molecule has 2 heterocycles. The summed E-state index contributed by atoms with van der Waals surface area (Å²) in [6.45, 7) is 2.25. The Kier molecular flexibility index (Phi) is 2.79. The Bertz CT molecular complexity index is 896. The van der Waals surface area contributed by atoms with E-state index in [9.17, 15) is 5.11 Å². The van der Waals surface area contributed by atoms with Gasteiger partial charge in [-0.3, -0.25) is 4.99 Å². The van der Waals surface area contributed by atoms with Crippen LogP contribution >= 0.6 is 0 Å². The van der Waals surface area contributed by atoms with E-state index in [2.05, 4.69) is 9.98 Å². The second-order valence-corrected chi connectivity index (χ2v) is 5.23. The Morgan fingerprint density at radius 3 is 2.91 bits per heavy atom. The topological polar surface area (TPSA) is 66.8 Å². The van der Waals surface area contributed by atoms with Gasteiger partial charge in [-0.15, -0.1) is 0 Å². The van der Waals surface area contributed by atoms with Gasteiger partial charge < -0.3 is 19.6 Å². The molecule has 1 aromatic heterocycles. The van der Waals surface area contributed by atoms with Crippen LogP contribution in [0.1, 0.15) is 11.1 Å². The molecule has 0 spiro atoms. The number of H-pyrrole nitrogens is 1. The third kappa shape index (κ3) is 2.07. The number of aromatic nitrogens is 1. The number of aromatic hydroxyl groups is 1. The fourth-order valence-corrected chi connectivity index (χ4v) is 2.55. The van der Waals surface area contributed by atoms with Crippen molar-refractivity contribution in [3.05, 3.63) is 47.5 Å². The molecule has 0 aliphatic carbocycles. The van der Waals surface area contributed by atoms with Gasteiger partial charge in [-0.2, -0.15) is 0 Å². The van der Waals surface area contributed by atoms with E-state index in [1.165, 1.54) is 0 Å². The number of aromatic amines is 1. The van der Waals surface area contributed by atoms with Gasteiger partial charge in [0.1, 0.15) is 0 Å². The molecule has 0 bridgehead atoms. The molecule has 0 amide bonds. The number of aliphatic imine (C=N–C) groups is 1. The van der Waals surface area contributed by atoms with Gasteiger partial charge in [-0.05, 0) is 30.7 Å². The molecule has 0 fully saturated rings. The number of nitrogens with one attached hydrogen (secondary N) is 1. The van der Waals surface area contributed by atoms with Gasteiger partial charge in [0, 0.05) is 23.2 Å². The maximum Gasteiger partial charge on any atom is 0.231 e. The van der Waals surface area contributed by atoms with E-state index >= 15 is 0 Å². The van der Waals surface area contributed by atoms with Crippen LogP contribution in [0.5, 0.6) is 17.4 Å². The summed E-state index contributed by atoms with van der Waals surface area (Å²) in [7, 11) is 0. The van der Waals surface area contributed by atoms with E-state index in [-0.39, 0.29) is 12.7 Å². The summed E-state index contributed by atoms with van der Waals surface area (Å²) in [6, 6.07) is 11.5. The third-order valence-electron chi connectivity index (χ3n) is 3.67. The molecule has 1 aliphatic heterocycles. The van der Waals surface area contributed by atoms with Crippen LogP contribution in [0.3, 0.4) is 0 Å². The van der Waals surface area contributed by atoms with E-state index < -0.39 is 0 Å². The van der Waals surface area contributed by atoms with Crippen molar-refractivity contribution in [3.8, 4) is 17.4 Å². The lowest BCUT2D eigenvalue weighted by atomic mass is 10.1. The summed E-state index contributed by atoms with van der Waals surface area (Å²) in [6.07, 6.45) is 1.65. The highest BCUT2D eigenvalue weighted by atomic mass is 16.7. The van der Waals surface area contributed by atoms with Crippen LogP contribution in [0.4, 0.5) is 5.69 Å². The predicted molar refractivity (Wildman–Crippen MR) is 84.5 cm³/mol. The van der Waals surface area contributed by atoms with Gasteiger partial charge >= 0.3 is 0 Å². The zero-order valence-electron chi connectivity index (χ0n) is 12.0. The first-order valence-corrected chi connectivity index (χ1v) is 6.96. The zero-order chi connectivity index (χ0) is 15.1. The number of fused-ring (bicyclic) bond motifs is 2. The van der Waals surface area contributed by atoms with Crippen LogP contribution in [0.25, 0.3) is 10.9 Å². The molecule has 0 unspecified atom stereocenters. The molecule has 2 aromatic carbocycles. The molecule has 5 heteroatoms. The summed E-state index contributed by atoms with van der Waals surface area (Å²) < 4.78 is 10.6. The lowest BCUT2D eigenvalue weighted by Crippen LogP contribution is -1.92. The number of hydrogen-bond donors (Lipinski definition) is 2. The van der Waals surface area contributed by atoms with Crippen molar-refractivity contribution in [1.82, 2.24) is 4.98 Å². The maximum absolute atomic E-state index is 10.1. The Balaban J connectivity index is 1.72. The first-order valence-electron chi connectivity index (χ1n) is 6.96. The average molecular weight is 294 g/mol. The van der Waals surface area contributed by atoms with E-state index in [1.54, 1.807) is 6.21 Å². The van der Waals surface area contributed by atoms with Crippen molar-refractivity contribution in [3.63, 3.8) is 0 Å². The van der Waals surface area contributed by atoms with Crippen molar-refractivity contribution in [2.75, 3.05) is 6.79 Å². The van der Waals surface area contributed by atoms with E-state index in [0.717, 1.165) is 27.9 Å². The molecule has 0 atom stereocenters. The summed E-state index contributed by atoms with van der Waals surface area (Å²) >= 11 is 0. The molecule has 22 heavy (non-hydrogen) atoms. The number of ether oxygens (including phenoxy) is 2. The van der Waals surface area contributed by atoms with Gasteiger partial charge in [-0.1, -0.05) is 12.1 Å². The molecular weight excluding hydrogens is 280 g/mol. The number of benzene rings is 2. The van der Waals surface area contributed by atoms with Crippen LogP contribution < -0.4 is 9.47 Å². The zero-order valence-corrected chi connectivity index (χ0v) is 12.0. The lowest BCUT2D eigenvalue weighted by molar-refractivity contribution is 0.174. The Labute approximate surface area is 126 Å². The van der Waals surface area contributed by atoms with Gasteiger partial charge in [0.25, 0.3) is 0 Å². The maximum atomic E-state index is 10.1. The minimum absolute atomic E-state index is 0.116. The van der Waals surface area contributed by atoms with Crippen molar-refractivity contribution >= 4 is 22.8 Å². The minimum atomic E-state index is 0.116. The van der Waals surface area contributed by atoms with Gasteiger partial charge in [0.15, 0.2) is 17.4 Å². The smallest absolute Gasteiger partial charge is 0.231 e. The molecule has 0 saturated heterocycles. The van der Waals surface area contributed by atoms with Crippen LogP contribution in [0.2, 0.25) is 0 Å². The largest absolute Gasteiger partial charge is 0.494 e. The highest BCUT2D eigenvalue weighted by molar-refractivity contribution is 6.02. The van der Waals surface area contributed by atoms with Crippen molar-refractivity contribution in [1.29, 1.82) is 0 Å². The molecule has 110 valence electrons. The molecule has 4 rings (SSSR count). The first-order chi connectivity index (χ1) is 10.7. The number of rotatable bonds is 2. The Hall–Kier alpha value is -2.95. The SMILES string of the molecule is Cc1ccc2c(C=Nc3ccc4c(c3)OCO4)c(O)[nH]c2c1.